The first-order valence-corrected chi connectivity index (χ1v) is 8.64. The van der Waals surface area contributed by atoms with Crippen LogP contribution in [-0.2, 0) is 27.1 Å². The van der Waals surface area contributed by atoms with Crippen molar-refractivity contribution in [1.82, 2.24) is 0 Å². The molecule has 134 valence electrons. The van der Waals surface area contributed by atoms with E-state index in [1.54, 1.807) is 0 Å². The van der Waals surface area contributed by atoms with Gasteiger partial charge in [0.25, 0.3) is 0 Å². The maximum atomic E-state index is 6.46. The van der Waals surface area contributed by atoms with Crippen LogP contribution in [0.5, 0.6) is 0 Å². The van der Waals surface area contributed by atoms with Gasteiger partial charge in [-0.15, -0.1) is 0 Å². The fraction of sp³-hybridized carbons (Fsp3) is 0.400. The van der Waals surface area contributed by atoms with Gasteiger partial charge in [-0.1, -0.05) is 60.7 Å². The average molecular weight is 342 g/mol. The first-order chi connectivity index (χ1) is 12.2. The molecular weight excluding hydrogens is 316 g/mol. The summed E-state index contributed by atoms with van der Waals surface area (Å²) in [6.07, 6.45) is 0.759. The van der Waals surface area contributed by atoms with Crippen LogP contribution >= 0.6 is 0 Å². The van der Waals surface area contributed by atoms with E-state index in [4.69, 9.17) is 25.7 Å². The van der Waals surface area contributed by atoms with Crippen LogP contribution < -0.4 is 11.5 Å². The van der Waals surface area contributed by atoms with Gasteiger partial charge < -0.3 is 25.7 Å². The van der Waals surface area contributed by atoms with Gasteiger partial charge in [0.05, 0.1) is 0 Å². The summed E-state index contributed by atoms with van der Waals surface area (Å²) in [6, 6.07) is 19.8. The van der Waals surface area contributed by atoms with Crippen LogP contribution in [0.4, 0.5) is 0 Å². The Morgan fingerprint density at radius 2 is 1.12 bits per heavy atom. The molecule has 0 aromatic heterocycles. The third-order valence-corrected chi connectivity index (χ3v) is 4.48. The molecule has 0 radical (unpaired) electrons. The SMILES string of the molecule is N[C@H](Cc1ccccc1)[C@@H]1OCOCO[C@H]1[C@H](N)Cc1ccccc1. The van der Waals surface area contributed by atoms with E-state index in [9.17, 15) is 0 Å². The van der Waals surface area contributed by atoms with E-state index in [0.29, 0.717) is 12.8 Å². The summed E-state index contributed by atoms with van der Waals surface area (Å²) in [7, 11) is 0. The van der Waals surface area contributed by atoms with Crippen LogP contribution in [0.2, 0.25) is 0 Å². The summed E-state index contributed by atoms with van der Waals surface area (Å²) in [5, 5.41) is 0. The molecule has 1 saturated heterocycles. The van der Waals surface area contributed by atoms with Crippen molar-refractivity contribution < 1.29 is 14.2 Å². The van der Waals surface area contributed by atoms with Crippen LogP contribution in [0.3, 0.4) is 0 Å². The van der Waals surface area contributed by atoms with E-state index in [0.717, 1.165) is 0 Å². The van der Waals surface area contributed by atoms with Gasteiger partial charge in [0.1, 0.15) is 25.8 Å². The van der Waals surface area contributed by atoms with Crippen molar-refractivity contribution in [2.45, 2.75) is 37.1 Å². The molecule has 0 aliphatic carbocycles. The largest absolute Gasteiger partial charge is 0.348 e. The van der Waals surface area contributed by atoms with E-state index >= 15 is 0 Å². The molecule has 5 nitrogen and oxygen atoms in total. The minimum absolute atomic E-state index is 0.168. The highest BCUT2D eigenvalue weighted by molar-refractivity contribution is 5.18. The van der Waals surface area contributed by atoms with Crippen molar-refractivity contribution in [3.63, 3.8) is 0 Å². The summed E-state index contributed by atoms with van der Waals surface area (Å²) >= 11 is 0. The Bertz CT molecular complexity index is 568. The molecule has 25 heavy (non-hydrogen) atoms. The second kappa shape index (κ2) is 9.08. The molecule has 0 spiro atoms. The monoisotopic (exact) mass is 342 g/mol. The molecule has 2 aromatic rings. The molecule has 0 saturated carbocycles. The normalized spacial score (nSPS) is 23.6. The van der Waals surface area contributed by atoms with Gasteiger partial charge in [0.15, 0.2) is 0 Å². The zero-order valence-electron chi connectivity index (χ0n) is 14.3. The lowest BCUT2D eigenvalue weighted by atomic mass is 9.92. The van der Waals surface area contributed by atoms with Gasteiger partial charge in [-0.25, -0.2) is 0 Å². The maximum absolute atomic E-state index is 6.46. The number of hydrogen-bond acceptors (Lipinski definition) is 5. The zero-order chi connectivity index (χ0) is 17.5. The predicted molar refractivity (Wildman–Crippen MR) is 96.8 cm³/mol. The summed E-state index contributed by atoms with van der Waals surface area (Å²) in [6.45, 7) is 0.337. The molecule has 0 amide bonds. The molecule has 4 atom stereocenters. The number of hydrogen-bond donors (Lipinski definition) is 2. The molecule has 3 rings (SSSR count). The van der Waals surface area contributed by atoms with E-state index in [-0.39, 0.29) is 37.9 Å². The second-order valence-electron chi connectivity index (χ2n) is 6.41. The third-order valence-electron chi connectivity index (χ3n) is 4.48. The smallest absolute Gasteiger partial charge is 0.150 e. The van der Waals surface area contributed by atoms with Crippen molar-refractivity contribution in [3.05, 3.63) is 71.8 Å². The minimum Gasteiger partial charge on any atom is -0.348 e. The van der Waals surface area contributed by atoms with E-state index in [1.807, 2.05) is 36.4 Å². The van der Waals surface area contributed by atoms with E-state index < -0.39 is 0 Å². The summed E-state index contributed by atoms with van der Waals surface area (Å²) < 4.78 is 17.0. The van der Waals surface area contributed by atoms with Crippen molar-refractivity contribution in [3.8, 4) is 0 Å². The molecule has 1 fully saturated rings. The number of rotatable bonds is 6. The molecule has 4 N–H and O–H groups in total. The highest BCUT2D eigenvalue weighted by atomic mass is 16.8. The molecule has 0 unspecified atom stereocenters. The Morgan fingerprint density at radius 3 is 1.52 bits per heavy atom. The molecule has 5 heteroatoms. The number of benzene rings is 2. The highest BCUT2D eigenvalue weighted by Gasteiger charge is 2.35. The summed E-state index contributed by atoms with van der Waals surface area (Å²) in [4.78, 5) is 0. The van der Waals surface area contributed by atoms with Crippen molar-refractivity contribution in [2.75, 3.05) is 13.6 Å². The lowest BCUT2D eigenvalue weighted by molar-refractivity contribution is -0.0903. The van der Waals surface area contributed by atoms with Gasteiger partial charge in [-0.2, -0.15) is 0 Å². The Balaban J connectivity index is 1.70. The summed E-state index contributed by atoms with van der Waals surface area (Å²) in [5.41, 5.74) is 15.2. The van der Waals surface area contributed by atoms with Crippen molar-refractivity contribution >= 4 is 0 Å². The molecule has 2 aromatic carbocycles. The Labute approximate surface area is 148 Å². The number of nitrogens with two attached hydrogens (primary N) is 2. The Kier molecular flexibility index (Phi) is 6.55. The van der Waals surface area contributed by atoms with E-state index in [1.165, 1.54) is 11.1 Å². The van der Waals surface area contributed by atoms with Crippen LogP contribution in [-0.4, -0.2) is 37.9 Å². The van der Waals surface area contributed by atoms with Gasteiger partial charge in [-0.3, -0.25) is 0 Å². The van der Waals surface area contributed by atoms with Crippen LogP contribution in [0.15, 0.2) is 60.7 Å². The van der Waals surface area contributed by atoms with E-state index in [2.05, 4.69) is 24.3 Å². The average Bonchev–Trinajstić information content (AvgIpc) is 2.89. The minimum atomic E-state index is -0.318. The maximum Gasteiger partial charge on any atom is 0.150 e. The Hall–Kier alpha value is -1.76. The molecule has 0 bridgehead atoms. The number of ether oxygens (including phenoxy) is 3. The fourth-order valence-electron chi connectivity index (χ4n) is 3.22. The molecular formula is C20H26N2O3. The molecule has 1 heterocycles. The quantitative estimate of drug-likeness (QED) is 0.837. The second-order valence-corrected chi connectivity index (χ2v) is 6.41. The topological polar surface area (TPSA) is 79.7 Å². The predicted octanol–water partition coefficient (Wildman–Crippen LogP) is 1.84. The lowest BCUT2D eigenvalue weighted by Gasteiger charge is -2.32. The van der Waals surface area contributed by atoms with Crippen molar-refractivity contribution in [1.29, 1.82) is 0 Å². The van der Waals surface area contributed by atoms with Gasteiger partial charge in [0.2, 0.25) is 0 Å². The Morgan fingerprint density at radius 1 is 0.720 bits per heavy atom. The van der Waals surface area contributed by atoms with Gasteiger partial charge >= 0.3 is 0 Å². The van der Waals surface area contributed by atoms with Gasteiger partial charge in [-0.05, 0) is 24.0 Å². The highest BCUT2D eigenvalue weighted by Crippen LogP contribution is 2.19. The van der Waals surface area contributed by atoms with Crippen LogP contribution in [0, 0.1) is 0 Å². The van der Waals surface area contributed by atoms with Crippen LogP contribution in [0.1, 0.15) is 11.1 Å². The summed E-state index contributed by atoms with van der Waals surface area (Å²) in [5.74, 6) is 0. The molecule has 1 aliphatic rings. The zero-order valence-corrected chi connectivity index (χ0v) is 14.3. The third kappa shape index (κ3) is 5.11. The molecule has 1 aliphatic heterocycles. The van der Waals surface area contributed by atoms with Crippen LogP contribution in [0.25, 0.3) is 0 Å². The first kappa shape index (κ1) is 18.0. The standard InChI is InChI=1S/C20H26N2O3/c21-17(11-15-7-3-1-4-8-15)19-20(25-14-23-13-24-19)18(22)12-16-9-5-2-6-10-16/h1-10,17-20H,11-14,21-22H2/t17-,18-,19+,20+/m1/s1. The lowest BCUT2D eigenvalue weighted by Crippen LogP contribution is -2.54. The van der Waals surface area contributed by atoms with Gasteiger partial charge in [0, 0.05) is 12.1 Å². The fourth-order valence-corrected chi connectivity index (χ4v) is 3.22. The van der Waals surface area contributed by atoms with Crippen molar-refractivity contribution in [2.24, 2.45) is 11.5 Å². The first-order valence-electron chi connectivity index (χ1n) is 8.64.